The van der Waals surface area contributed by atoms with Crippen molar-refractivity contribution in [1.29, 1.82) is 0 Å². The standard InChI is InChI=1S/C21H23NO4/c23-12-10-18-3-1-2-11-22(18)21(24)16-6-4-15(5-7-16)17-8-9-19-20(13-17)26-14-25-19/h4-9,13,18,23H,1-3,10-12,14H2. The molecule has 136 valence electrons. The Balaban J connectivity index is 1.52. The summed E-state index contributed by atoms with van der Waals surface area (Å²) in [6.45, 7) is 1.15. The zero-order valence-electron chi connectivity index (χ0n) is 14.7. The molecule has 2 aromatic carbocycles. The third kappa shape index (κ3) is 3.27. The number of carbonyl (C=O) groups excluding carboxylic acids is 1. The molecular formula is C21H23NO4. The molecule has 2 aliphatic heterocycles. The molecule has 1 amide bonds. The molecule has 2 aromatic rings. The smallest absolute Gasteiger partial charge is 0.254 e. The van der Waals surface area contributed by atoms with E-state index < -0.39 is 0 Å². The second kappa shape index (κ2) is 7.38. The largest absolute Gasteiger partial charge is 0.454 e. The predicted molar refractivity (Wildman–Crippen MR) is 98.4 cm³/mol. The van der Waals surface area contributed by atoms with Crippen LogP contribution in [0.2, 0.25) is 0 Å². The monoisotopic (exact) mass is 353 g/mol. The number of aliphatic hydroxyl groups is 1. The Labute approximate surface area is 153 Å². The van der Waals surface area contributed by atoms with Crippen molar-refractivity contribution in [3.8, 4) is 22.6 Å². The zero-order chi connectivity index (χ0) is 17.9. The normalized spacial score (nSPS) is 18.8. The Morgan fingerprint density at radius 2 is 1.81 bits per heavy atom. The van der Waals surface area contributed by atoms with Crippen LogP contribution in [0.1, 0.15) is 36.0 Å². The van der Waals surface area contributed by atoms with Crippen LogP contribution in [-0.4, -0.2) is 41.9 Å². The molecule has 1 saturated heterocycles. The highest BCUT2D eigenvalue weighted by atomic mass is 16.7. The summed E-state index contributed by atoms with van der Waals surface area (Å²) < 4.78 is 10.8. The van der Waals surface area contributed by atoms with E-state index in [0.717, 1.165) is 48.4 Å². The molecule has 0 bridgehead atoms. The summed E-state index contributed by atoms with van der Waals surface area (Å²) in [4.78, 5) is 14.8. The second-order valence-corrected chi connectivity index (χ2v) is 6.81. The van der Waals surface area contributed by atoms with Gasteiger partial charge in [-0.1, -0.05) is 18.2 Å². The molecule has 0 saturated carbocycles. The maximum absolute atomic E-state index is 12.9. The molecule has 0 aromatic heterocycles. The van der Waals surface area contributed by atoms with Gasteiger partial charge in [0, 0.05) is 24.8 Å². The van der Waals surface area contributed by atoms with Gasteiger partial charge in [0.15, 0.2) is 11.5 Å². The van der Waals surface area contributed by atoms with Crippen molar-refractivity contribution < 1.29 is 19.4 Å². The Kier molecular flexibility index (Phi) is 4.80. The number of hydrogen-bond acceptors (Lipinski definition) is 4. The first-order valence-electron chi connectivity index (χ1n) is 9.18. The molecule has 1 atom stereocenters. The molecule has 5 nitrogen and oxygen atoms in total. The minimum absolute atomic E-state index is 0.0559. The second-order valence-electron chi connectivity index (χ2n) is 6.81. The van der Waals surface area contributed by atoms with E-state index in [1.807, 2.05) is 47.4 Å². The maximum Gasteiger partial charge on any atom is 0.254 e. The highest BCUT2D eigenvalue weighted by molar-refractivity contribution is 5.95. The lowest BCUT2D eigenvalue weighted by atomic mass is 9.97. The van der Waals surface area contributed by atoms with E-state index in [4.69, 9.17) is 9.47 Å². The lowest BCUT2D eigenvalue weighted by molar-refractivity contribution is 0.0574. The average Bonchev–Trinajstić information content (AvgIpc) is 3.16. The number of carbonyl (C=O) groups is 1. The van der Waals surface area contributed by atoms with E-state index in [0.29, 0.717) is 12.0 Å². The number of aliphatic hydroxyl groups excluding tert-OH is 1. The van der Waals surface area contributed by atoms with Crippen LogP contribution in [0.4, 0.5) is 0 Å². The van der Waals surface area contributed by atoms with Crippen LogP contribution in [-0.2, 0) is 0 Å². The van der Waals surface area contributed by atoms with Crippen molar-refractivity contribution in [1.82, 2.24) is 4.90 Å². The van der Waals surface area contributed by atoms with Crippen molar-refractivity contribution in [3.63, 3.8) is 0 Å². The molecule has 0 spiro atoms. The number of ether oxygens (including phenoxy) is 2. The van der Waals surface area contributed by atoms with Crippen LogP contribution in [0.15, 0.2) is 42.5 Å². The summed E-state index contributed by atoms with van der Waals surface area (Å²) in [5.74, 6) is 1.57. The van der Waals surface area contributed by atoms with Gasteiger partial charge in [-0.05, 0) is 61.1 Å². The Morgan fingerprint density at radius 1 is 1.04 bits per heavy atom. The SMILES string of the molecule is O=C(c1ccc(-c2ccc3c(c2)OCO3)cc1)N1CCCCC1CCO. The van der Waals surface area contributed by atoms with Crippen LogP contribution < -0.4 is 9.47 Å². The van der Waals surface area contributed by atoms with E-state index in [2.05, 4.69) is 0 Å². The molecule has 26 heavy (non-hydrogen) atoms. The van der Waals surface area contributed by atoms with Crippen molar-refractivity contribution >= 4 is 5.91 Å². The van der Waals surface area contributed by atoms with Gasteiger partial charge in [-0.2, -0.15) is 0 Å². The van der Waals surface area contributed by atoms with Crippen LogP contribution in [0, 0.1) is 0 Å². The quantitative estimate of drug-likeness (QED) is 0.914. The first kappa shape index (κ1) is 16.9. The van der Waals surface area contributed by atoms with Gasteiger partial charge >= 0.3 is 0 Å². The topological polar surface area (TPSA) is 59.0 Å². The van der Waals surface area contributed by atoms with E-state index in [-0.39, 0.29) is 25.3 Å². The van der Waals surface area contributed by atoms with Gasteiger partial charge in [0.05, 0.1) is 0 Å². The summed E-state index contributed by atoms with van der Waals surface area (Å²) in [6, 6.07) is 13.7. The van der Waals surface area contributed by atoms with Crippen LogP contribution in [0.25, 0.3) is 11.1 Å². The fourth-order valence-electron chi connectivity index (χ4n) is 3.76. The summed E-state index contributed by atoms with van der Waals surface area (Å²) in [6.07, 6.45) is 3.78. The Morgan fingerprint density at radius 3 is 2.62 bits per heavy atom. The number of likely N-dealkylation sites (tertiary alicyclic amines) is 1. The summed E-state index contributed by atoms with van der Waals surface area (Å²) in [5, 5.41) is 9.26. The van der Waals surface area contributed by atoms with Gasteiger partial charge in [0.2, 0.25) is 6.79 Å². The number of benzene rings is 2. The first-order chi connectivity index (χ1) is 12.8. The maximum atomic E-state index is 12.9. The number of hydrogen-bond donors (Lipinski definition) is 1. The lowest BCUT2D eigenvalue weighted by Crippen LogP contribution is -2.44. The van der Waals surface area contributed by atoms with Gasteiger partial charge in [0.1, 0.15) is 0 Å². The van der Waals surface area contributed by atoms with Gasteiger partial charge in [-0.25, -0.2) is 0 Å². The fraction of sp³-hybridized carbons (Fsp3) is 0.381. The van der Waals surface area contributed by atoms with Crippen LogP contribution in [0.3, 0.4) is 0 Å². The zero-order valence-corrected chi connectivity index (χ0v) is 14.7. The van der Waals surface area contributed by atoms with E-state index in [1.54, 1.807) is 0 Å². The molecule has 1 fully saturated rings. The van der Waals surface area contributed by atoms with Gasteiger partial charge < -0.3 is 19.5 Å². The van der Waals surface area contributed by atoms with E-state index >= 15 is 0 Å². The number of rotatable bonds is 4. The molecule has 1 unspecified atom stereocenters. The molecule has 2 heterocycles. The first-order valence-corrected chi connectivity index (χ1v) is 9.18. The molecule has 0 radical (unpaired) electrons. The third-order valence-electron chi connectivity index (χ3n) is 5.19. The van der Waals surface area contributed by atoms with Crippen LogP contribution in [0.5, 0.6) is 11.5 Å². The highest BCUT2D eigenvalue weighted by Gasteiger charge is 2.27. The highest BCUT2D eigenvalue weighted by Crippen LogP contribution is 2.36. The number of piperidine rings is 1. The van der Waals surface area contributed by atoms with Crippen molar-refractivity contribution in [3.05, 3.63) is 48.0 Å². The minimum atomic E-state index is 0.0559. The fourth-order valence-corrected chi connectivity index (χ4v) is 3.76. The van der Waals surface area contributed by atoms with Crippen molar-refractivity contribution in [2.24, 2.45) is 0 Å². The van der Waals surface area contributed by atoms with Crippen LogP contribution >= 0.6 is 0 Å². The number of nitrogens with zero attached hydrogens (tertiary/aromatic N) is 1. The Bertz CT molecular complexity index is 785. The van der Waals surface area contributed by atoms with Gasteiger partial charge in [0.25, 0.3) is 5.91 Å². The summed E-state index contributed by atoms with van der Waals surface area (Å²) >= 11 is 0. The molecule has 0 aliphatic carbocycles. The van der Waals surface area contributed by atoms with Gasteiger partial charge in [-0.3, -0.25) is 4.79 Å². The average molecular weight is 353 g/mol. The molecule has 5 heteroatoms. The van der Waals surface area contributed by atoms with Crippen molar-refractivity contribution in [2.75, 3.05) is 19.9 Å². The van der Waals surface area contributed by atoms with Crippen molar-refractivity contribution in [2.45, 2.75) is 31.7 Å². The number of amides is 1. The number of fused-ring (bicyclic) bond motifs is 1. The molecule has 4 rings (SSSR count). The summed E-state index contributed by atoms with van der Waals surface area (Å²) in [7, 11) is 0. The summed E-state index contributed by atoms with van der Waals surface area (Å²) in [5.41, 5.74) is 2.76. The minimum Gasteiger partial charge on any atom is -0.454 e. The molecule has 2 aliphatic rings. The Hall–Kier alpha value is -2.53. The van der Waals surface area contributed by atoms with E-state index in [9.17, 15) is 9.90 Å². The van der Waals surface area contributed by atoms with E-state index in [1.165, 1.54) is 0 Å². The molecular weight excluding hydrogens is 330 g/mol. The third-order valence-corrected chi connectivity index (χ3v) is 5.19. The molecule has 1 N–H and O–H groups in total. The predicted octanol–water partition coefficient (Wildman–Crippen LogP) is 3.46. The lowest BCUT2D eigenvalue weighted by Gasteiger charge is -2.35. The van der Waals surface area contributed by atoms with Gasteiger partial charge in [-0.15, -0.1) is 0 Å².